The lowest BCUT2D eigenvalue weighted by Gasteiger charge is -1.98. The van der Waals surface area contributed by atoms with Crippen LogP contribution in [0.15, 0.2) is 45.3 Å². The fraction of sp³-hybridized carbons (Fsp3) is 0.188. The van der Waals surface area contributed by atoms with Gasteiger partial charge in [-0.25, -0.2) is 4.98 Å². The van der Waals surface area contributed by atoms with E-state index in [1.807, 2.05) is 24.3 Å². The Hall–Kier alpha value is -1.44. The molecule has 1 N–H and O–H groups in total. The average molecular weight is 408 g/mol. The van der Waals surface area contributed by atoms with Crippen molar-refractivity contribution in [3.63, 3.8) is 0 Å². The van der Waals surface area contributed by atoms with Crippen LogP contribution in [0.25, 0.3) is 11.4 Å². The molecule has 4 nitrogen and oxygen atoms in total. The number of halogens is 1. The zero-order valence-corrected chi connectivity index (χ0v) is 15.6. The smallest absolute Gasteiger partial charge is 0.209 e. The first kappa shape index (κ1) is 16.4. The number of carbonyl (C=O) groups excluding carboxylic acids is 1. The number of aromatic nitrogens is 3. The summed E-state index contributed by atoms with van der Waals surface area (Å²) in [4.78, 5) is 17.3. The number of hydrogen-bond donors (Lipinski definition) is 1. The molecular weight excluding hydrogens is 394 g/mol. The number of nitrogens with one attached hydrogen (secondary N) is 1. The SMILES string of the molecule is CCc1ccc(-c2nc(SCC(=O)c3ccc(Br)s3)n[nH]2)cc1. The summed E-state index contributed by atoms with van der Waals surface area (Å²) >= 11 is 6.15. The van der Waals surface area contributed by atoms with Crippen molar-refractivity contribution in [2.75, 3.05) is 5.75 Å². The van der Waals surface area contributed by atoms with Gasteiger partial charge in [0.1, 0.15) is 0 Å². The van der Waals surface area contributed by atoms with E-state index in [1.54, 1.807) is 0 Å². The summed E-state index contributed by atoms with van der Waals surface area (Å²) in [6.45, 7) is 2.13. The minimum Gasteiger partial charge on any atom is -0.292 e. The van der Waals surface area contributed by atoms with Crippen molar-refractivity contribution in [1.82, 2.24) is 15.2 Å². The summed E-state index contributed by atoms with van der Waals surface area (Å²) in [7, 11) is 0. The van der Waals surface area contributed by atoms with E-state index >= 15 is 0 Å². The monoisotopic (exact) mass is 407 g/mol. The van der Waals surface area contributed by atoms with Gasteiger partial charge in [-0.15, -0.1) is 16.4 Å². The summed E-state index contributed by atoms with van der Waals surface area (Å²) in [5, 5.41) is 7.69. The zero-order chi connectivity index (χ0) is 16.2. The quantitative estimate of drug-likeness (QED) is 0.469. The van der Waals surface area contributed by atoms with Crippen molar-refractivity contribution in [3.8, 4) is 11.4 Å². The number of rotatable bonds is 6. The van der Waals surface area contributed by atoms with E-state index < -0.39 is 0 Å². The molecule has 118 valence electrons. The fourth-order valence-corrected chi connectivity index (χ4v) is 4.10. The first-order valence-corrected chi connectivity index (χ1v) is 9.68. The van der Waals surface area contributed by atoms with Crippen LogP contribution in [0.5, 0.6) is 0 Å². The lowest BCUT2D eigenvalue weighted by molar-refractivity contribution is 0.102. The molecule has 0 saturated heterocycles. The molecular formula is C16H14BrN3OS2. The Labute approximate surface area is 150 Å². The van der Waals surface area contributed by atoms with E-state index in [-0.39, 0.29) is 5.78 Å². The van der Waals surface area contributed by atoms with Crippen molar-refractivity contribution in [2.45, 2.75) is 18.5 Å². The second-order valence-electron chi connectivity index (χ2n) is 4.83. The van der Waals surface area contributed by atoms with Crippen LogP contribution in [0.1, 0.15) is 22.2 Å². The predicted molar refractivity (Wildman–Crippen MR) is 98.3 cm³/mol. The molecule has 0 radical (unpaired) electrons. The summed E-state index contributed by atoms with van der Waals surface area (Å²) in [5.74, 6) is 1.14. The van der Waals surface area contributed by atoms with Crippen LogP contribution in [0.4, 0.5) is 0 Å². The van der Waals surface area contributed by atoms with Gasteiger partial charge in [-0.1, -0.05) is 43.0 Å². The molecule has 0 bridgehead atoms. The van der Waals surface area contributed by atoms with Crippen LogP contribution in [0.2, 0.25) is 0 Å². The van der Waals surface area contributed by atoms with Gasteiger partial charge in [0.05, 0.1) is 14.4 Å². The molecule has 0 atom stereocenters. The van der Waals surface area contributed by atoms with Gasteiger partial charge in [-0.05, 0) is 40.0 Å². The molecule has 0 aliphatic heterocycles. The van der Waals surface area contributed by atoms with Gasteiger partial charge in [-0.3, -0.25) is 9.89 Å². The molecule has 23 heavy (non-hydrogen) atoms. The van der Waals surface area contributed by atoms with Gasteiger partial charge < -0.3 is 0 Å². The summed E-state index contributed by atoms with van der Waals surface area (Å²) in [6, 6.07) is 11.9. The number of carbonyl (C=O) groups is 1. The van der Waals surface area contributed by atoms with Gasteiger partial charge in [0.25, 0.3) is 0 Å². The van der Waals surface area contributed by atoms with E-state index in [9.17, 15) is 4.79 Å². The highest BCUT2D eigenvalue weighted by Crippen LogP contribution is 2.25. The lowest BCUT2D eigenvalue weighted by atomic mass is 10.1. The molecule has 0 amide bonds. The van der Waals surface area contributed by atoms with E-state index in [0.29, 0.717) is 10.9 Å². The molecule has 3 rings (SSSR count). The summed E-state index contributed by atoms with van der Waals surface area (Å²) < 4.78 is 0.960. The van der Waals surface area contributed by atoms with Gasteiger partial charge in [-0.2, -0.15) is 0 Å². The summed E-state index contributed by atoms with van der Waals surface area (Å²) in [5.41, 5.74) is 2.28. The topological polar surface area (TPSA) is 58.6 Å². The highest BCUT2D eigenvalue weighted by atomic mass is 79.9. The van der Waals surface area contributed by atoms with Crippen LogP contribution in [-0.2, 0) is 6.42 Å². The number of aryl methyl sites for hydroxylation is 1. The standard InChI is InChI=1S/C16H14BrN3OS2/c1-2-10-3-5-11(6-4-10)15-18-16(20-19-15)22-9-12(21)13-7-8-14(17)23-13/h3-8H,2,9H2,1H3,(H,18,19,20). The van der Waals surface area contributed by atoms with E-state index in [2.05, 4.69) is 50.2 Å². The molecule has 2 aromatic heterocycles. The Kier molecular flexibility index (Phi) is 5.30. The Bertz CT molecular complexity index is 811. The number of benzene rings is 1. The third-order valence-corrected chi connectivity index (χ3v) is 5.79. The van der Waals surface area contributed by atoms with E-state index in [1.165, 1.54) is 28.7 Å². The molecule has 2 heterocycles. The van der Waals surface area contributed by atoms with E-state index in [0.717, 1.165) is 26.5 Å². The van der Waals surface area contributed by atoms with E-state index in [4.69, 9.17) is 0 Å². The third kappa shape index (κ3) is 4.10. The number of ketones is 1. The predicted octanol–water partition coefficient (Wildman–Crippen LogP) is 4.83. The van der Waals surface area contributed by atoms with Crippen molar-refractivity contribution in [1.29, 1.82) is 0 Å². The molecule has 7 heteroatoms. The number of thioether (sulfide) groups is 1. The van der Waals surface area contributed by atoms with Crippen LogP contribution < -0.4 is 0 Å². The second kappa shape index (κ2) is 7.42. The molecule has 0 unspecified atom stereocenters. The molecule has 0 aliphatic rings. The maximum Gasteiger partial charge on any atom is 0.209 e. The molecule has 0 saturated carbocycles. The molecule has 0 spiro atoms. The molecule has 0 aliphatic carbocycles. The lowest BCUT2D eigenvalue weighted by Crippen LogP contribution is -1.99. The first-order chi connectivity index (χ1) is 11.2. The highest BCUT2D eigenvalue weighted by molar-refractivity contribution is 9.11. The fourth-order valence-electron chi connectivity index (χ4n) is 2.00. The number of thiophene rings is 1. The number of nitrogens with zero attached hydrogens (tertiary/aromatic N) is 2. The van der Waals surface area contributed by atoms with Crippen molar-refractivity contribution < 1.29 is 4.79 Å². The van der Waals surface area contributed by atoms with Crippen molar-refractivity contribution >= 4 is 44.8 Å². The molecule has 1 aromatic carbocycles. The van der Waals surface area contributed by atoms with Gasteiger partial charge in [0.15, 0.2) is 11.6 Å². The molecule has 3 aromatic rings. The van der Waals surface area contributed by atoms with Crippen LogP contribution in [-0.4, -0.2) is 26.7 Å². The maximum absolute atomic E-state index is 12.1. The Morgan fingerprint density at radius 3 is 2.70 bits per heavy atom. The first-order valence-electron chi connectivity index (χ1n) is 7.08. The minimum absolute atomic E-state index is 0.0874. The van der Waals surface area contributed by atoms with Crippen molar-refractivity contribution in [2.24, 2.45) is 0 Å². The number of Topliss-reactive ketones (excluding diaryl/α,β-unsaturated/α-hetero) is 1. The number of aromatic amines is 1. The Morgan fingerprint density at radius 1 is 1.26 bits per heavy atom. The van der Waals surface area contributed by atoms with Gasteiger partial charge in [0, 0.05) is 5.56 Å². The average Bonchev–Trinajstić information content (AvgIpc) is 3.22. The number of H-pyrrole nitrogens is 1. The summed E-state index contributed by atoms with van der Waals surface area (Å²) in [6.07, 6.45) is 1.01. The maximum atomic E-state index is 12.1. The Morgan fingerprint density at radius 2 is 2.04 bits per heavy atom. The number of hydrogen-bond acceptors (Lipinski definition) is 5. The Balaban J connectivity index is 1.63. The van der Waals surface area contributed by atoms with Crippen LogP contribution in [0.3, 0.4) is 0 Å². The van der Waals surface area contributed by atoms with Crippen molar-refractivity contribution in [3.05, 3.63) is 50.6 Å². The minimum atomic E-state index is 0.0874. The zero-order valence-electron chi connectivity index (χ0n) is 12.4. The molecule has 0 fully saturated rings. The van der Waals surface area contributed by atoms with Crippen LogP contribution in [0, 0.1) is 0 Å². The van der Waals surface area contributed by atoms with Gasteiger partial charge in [0.2, 0.25) is 5.16 Å². The van der Waals surface area contributed by atoms with Crippen LogP contribution >= 0.6 is 39.0 Å². The highest BCUT2D eigenvalue weighted by Gasteiger charge is 2.12. The third-order valence-electron chi connectivity index (χ3n) is 3.28. The largest absolute Gasteiger partial charge is 0.292 e. The second-order valence-corrected chi connectivity index (χ2v) is 8.24. The normalized spacial score (nSPS) is 10.9. The van der Waals surface area contributed by atoms with Gasteiger partial charge >= 0.3 is 0 Å².